The maximum absolute atomic E-state index is 11.0. The summed E-state index contributed by atoms with van der Waals surface area (Å²) in [6, 6.07) is 14.3. The molecule has 0 spiro atoms. The minimum Gasteiger partial charge on any atom is -0.458 e. The Morgan fingerprint density at radius 3 is 2.70 bits per heavy atom. The van der Waals surface area contributed by atoms with Crippen molar-refractivity contribution >= 4 is 29.1 Å². The van der Waals surface area contributed by atoms with Gasteiger partial charge in [0.1, 0.15) is 6.10 Å². The molecule has 0 bridgehead atoms. The molecule has 3 rings (SSSR count). The highest BCUT2D eigenvalue weighted by atomic mass is 32.2. The van der Waals surface area contributed by atoms with E-state index in [2.05, 4.69) is 23.5 Å². The van der Waals surface area contributed by atoms with Gasteiger partial charge in [-0.1, -0.05) is 30.0 Å². The van der Waals surface area contributed by atoms with E-state index in [1.165, 1.54) is 16.7 Å². The summed E-state index contributed by atoms with van der Waals surface area (Å²) in [6.07, 6.45) is -0.234. The highest BCUT2D eigenvalue weighted by Gasteiger charge is 2.17. The van der Waals surface area contributed by atoms with Crippen molar-refractivity contribution in [1.82, 2.24) is 0 Å². The second-order valence-corrected chi connectivity index (χ2v) is 5.81. The van der Waals surface area contributed by atoms with Crippen LogP contribution in [0.5, 0.6) is 0 Å². The molecule has 1 unspecified atom stereocenters. The number of nitrogens with one attached hydrogen (secondary N) is 1. The van der Waals surface area contributed by atoms with E-state index >= 15 is 0 Å². The van der Waals surface area contributed by atoms with Gasteiger partial charge in [-0.3, -0.25) is 4.79 Å². The van der Waals surface area contributed by atoms with Gasteiger partial charge >= 0.3 is 5.97 Å². The van der Waals surface area contributed by atoms with Gasteiger partial charge < -0.3 is 10.1 Å². The number of anilines is 2. The van der Waals surface area contributed by atoms with Crippen molar-refractivity contribution in [1.29, 1.82) is 0 Å². The van der Waals surface area contributed by atoms with Crippen molar-refractivity contribution in [2.45, 2.75) is 29.7 Å². The average molecular weight is 285 g/mol. The van der Waals surface area contributed by atoms with Crippen LogP contribution in [0.3, 0.4) is 0 Å². The number of fused-ring (bicyclic) bond motifs is 2. The lowest BCUT2D eigenvalue weighted by Gasteiger charge is -2.22. The third-order valence-corrected chi connectivity index (χ3v) is 4.34. The number of esters is 1. The van der Waals surface area contributed by atoms with Gasteiger partial charge in [-0.15, -0.1) is 0 Å². The van der Waals surface area contributed by atoms with Gasteiger partial charge in [-0.05, 0) is 36.8 Å². The molecule has 2 aromatic carbocycles. The van der Waals surface area contributed by atoms with Gasteiger partial charge in [0.25, 0.3) is 0 Å². The zero-order chi connectivity index (χ0) is 14.1. The van der Waals surface area contributed by atoms with Crippen molar-refractivity contribution in [3.8, 4) is 0 Å². The molecule has 0 aliphatic carbocycles. The quantitative estimate of drug-likeness (QED) is 0.703. The van der Waals surface area contributed by atoms with E-state index in [9.17, 15) is 4.79 Å². The molecule has 0 radical (unpaired) electrons. The molecule has 2 aromatic rings. The molecule has 0 saturated heterocycles. The molecule has 20 heavy (non-hydrogen) atoms. The summed E-state index contributed by atoms with van der Waals surface area (Å²) in [5, 5.41) is 3.43. The van der Waals surface area contributed by atoms with Crippen LogP contribution in [-0.2, 0) is 9.53 Å². The van der Waals surface area contributed by atoms with E-state index < -0.39 is 0 Å². The van der Waals surface area contributed by atoms with E-state index in [1.807, 2.05) is 31.2 Å². The highest BCUT2D eigenvalue weighted by Crippen LogP contribution is 2.44. The number of carbonyl (C=O) groups excluding carboxylic acids is 1. The van der Waals surface area contributed by atoms with Crippen LogP contribution in [0.4, 0.5) is 11.4 Å². The fourth-order valence-corrected chi connectivity index (χ4v) is 3.20. The monoisotopic (exact) mass is 285 g/mol. The Morgan fingerprint density at radius 1 is 1.15 bits per heavy atom. The van der Waals surface area contributed by atoms with Crippen LogP contribution in [-0.4, -0.2) is 5.97 Å². The standard InChI is InChI=1S/C16H15NO2S/c1-10(19-11(2)18)12-7-8-16-14(9-12)17-13-5-3-4-6-15(13)20-16/h3-10,17H,1-2H3. The van der Waals surface area contributed by atoms with E-state index in [1.54, 1.807) is 11.8 Å². The van der Waals surface area contributed by atoms with Crippen molar-refractivity contribution in [3.63, 3.8) is 0 Å². The van der Waals surface area contributed by atoms with Crippen molar-refractivity contribution in [3.05, 3.63) is 48.0 Å². The number of rotatable bonds is 2. The van der Waals surface area contributed by atoms with Crippen LogP contribution in [0.2, 0.25) is 0 Å². The van der Waals surface area contributed by atoms with Crippen LogP contribution in [0.1, 0.15) is 25.5 Å². The molecule has 1 aliphatic rings. The zero-order valence-electron chi connectivity index (χ0n) is 11.3. The molecule has 1 heterocycles. The zero-order valence-corrected chi connectivity index (χ0v) is 12.2. The third kappa shape index (κ3) is 2.51. The van der Waals surface area contributed by atoms with Gasteiger partial charge in [-0.25, -0.2) is 0 Å². The second kappa shape index (κ2) is 5.21. The van der Waals surface area contributed by atoms with Crippen LogP contribution < -0.4 is 5.32 Å². The van der Waals surface area contributed by atoms with Crippen molar-refractivity contribution < 1.29 is 9.53 Å². The molecule has 102 valence electrons. The third-order valence-electron chi connectivity index (χ3n) is 3.19. The normalized spacial score (nSPS) is 13.7. The Hall–Kier alpha value is -1.94. The molecule has 1 atom stereocenters. The van der Waals surface area contributed by atoms with Gasteiger partial charge in [0, 0.05) is 16.7 Å². The number of benzene rings is 2. The molecule has 1 N–H and O–H groups in total. The van der Waals surface area contributed by atoms with Crippen LogP contribution in [0.15, 0.2) is 52.3 Å². The van der Waals surface area contributed by atoms with E-state index in [0.717, 1.165) is 16.9 Å². The summed E-state index contributed by atoms with van der Waals surface area (Å²) in [5.74, 6) is -0.261. The van der Waals surface area contributed by atoms with Gasteiger partial charge in [0.15, 0.2) is 0 Å². The van der Waals surface area contributed by atoms with Gasteiger partial charge in [-0.2, -0.15) is 0 Å². The topological polar surface area (TPSA) is 38.3 Å². The summed E-state index contributed by atoms with van der Waals surface area (Å²) < 4.78 is 5.22. The molecule has 0 amide bonds. The minimum atomic E-state index is -0.261. The maximum atomic E-state index is 11.0. The van der Waals surface area contributed by atoms with E-state index in [0.29, 0.717) is 0 Å². The first kappa shape index (κ1) is 13.1. The first-order valence-electron chi connectivity index (χ1n) is 6.48. The molecule has 0 fully saturated rings. The van der Waals surface area contributed by atoms with Crippen molar-refractivity contribution in [2.75, 3.05) is 5.32 Å². The number of hydrogen-bond acceptors (Lipinski definition) is 4. The smallest absolute Gasteiger partial charge is 0.303 e. The Labute approximate surface area is 122 Å². The SMILES string of the molecule is CC(=O)OC(C)c1ccc2c(c1)Nc1ccccc1S2. The largest absolute Gasteiger partial charge is 0.458 e. The lowest BCUT2D eigenvalue weighted by atomic mass is 10.1. The first-order chi connectivity index (χ1) is 9.63. The highest BCUT2D eigenvalue weighted by molar-refractivity contribution is 7.99. The Kier molecular flexibility index (Phi) is 3.40. The molecular weight excluding hydrogens is 270 g/mol. The number of para-hydroxylation sites is 1. The van der Waals surface area contributed by atoms with Crippen LogP contribution >= 0.6 is 11.8 Å². The summed E-state index contributed by atoms with van der Waals surface area (Å²) in [6.45, 7) is 3.31. The van der Waals surface area contributed by atoms with E-state index in [-0.39, 0.29) is 12.1 Å². The molecule has 0 aromatic heterocycles. The summed E-state index contributed by atoms with van der Waals surface area (Å²) in [7, 11) is 0. The number of carbonyl (C=O) groups is 1. The van der Waals surface area contributed by atoms with Gasteiger partial charge in [0.2, 0.25) is 0 Å². The molecule has 3 nitrogen and oxygen atoms in total. The van der Waals surface area contributed by atoms with Crippen molar-refractivity contribution in [2.24, 2.45) is 0 Å². The Balaban J connectivity index is 1.90. The molecule has 1 aliphatic heterocycles. The van der Waals surface area contributed by atoms with Crippen LogP contribution in [0, 0.1) is 0 Å². The molecular formula is C16H15NO2S. The lowest BCUT2D eigenvalue weighted by molar-refractivity contribution is -0.145. The second-order valence-electron chi connectivity index (χ2n) is 4.73. The predicted octanol–water partition coefficient (Wildman–Crippen LogP) is 4.52. The molecule has 0 saturated carbocycles. The summed E-state index contributed by atoms with van der Waals surface area (Å²) >= 11 is 1.75. The maximum Gasteiger partial charge on any atom is 0.303 e. The minimum absolute atomic E-state index is 0.234. The Morgan fingerprint density at radius 2 is 1.90 bits per heavy atom. The first-order valence-corrected chi connectivity index (χ1v) is 7.30. The predicted molar refractivity (Wildman–Crippen MR) is 80.5 cm³/mol. The lowest BCUT2D eigenvalue weighted by Crippen LogP contribution is -2.06. The number of hydrogen-bond donors (Lipinski definition) is 1. The number of ether oxygens (including phenoxy) is 1. The Bertz CT molecular complexity index is 669. The van der Waals surface area contributed by atoms with Crippen LogP contribution in [0.25, 0.3) is 0 Å². The van der Waals surface area contributed by atoms with E-state index in [4.69, 9.17) is 4.74 Å². The summed E-state index contributed by atoms with van der Waals surface area (Å²) in [4.78, 5) is 13.4. The molecule has 4 heteroatoms. The van der Waals surface area contributed by atoms with Gasteiger partial charge in [0.05, 0.1) is 11.4 Å². The summed E-state index contributed by atoms with van der Waals surface area (Å²) in [5.41, 5.74) is 3.17. The fourth-order valence-electron chi connectivity index (χ4n) is 2.23. The fraction of sp³-hybridized carbons (Fsp3) is 0.188. The average Bonchev–Trinajstić information content (AvgIpc) is 2.43.